The summed E-state index contributed by atoms with van der Waals surface area (Å²) in [5.74, 6) is 0.612. The second kappa shape index (κ2) is 4.68. The first kappa shape index (κ1) is 13.6. The molecule has 0 bridgehead atoms. The van der Waals surface area contributed by atoms with Crippen molar-refractivity contribution in [2.45, 2.75) is 45.3 Å². The predicted molar refractivity (Wildman–Crippen MR) is 70.1 cm³/mol. The summed E-state index contributed by atoms with van der Waals surface area (Å²) in [6.07, 6.45) is 4.12. The third-order valence-corrected chi connectivity index (χ3v) is 3.53. The van der Waals surface area contributed by atoms with Gasteiger partial charge in [-0.3, -0.25) is 9.59 Å². The Balaban J connectivity index is 2.30. The number of nitrogens with zero attached hydrogens (tertiary/aromatic N) is 3. The number of hydrogen-bond acceptors (Lipinski definition) is 3. The number of amides is 2. The molecule has 2 rings (SSSR count). The standard InChI is InChI=1S/C13H20N4O2/c1-5-9-11(18)15-13(2,3)12(19)17(9)8-10-14-6-7-16(10)4/h6-7,9H,5,8H2,1-4H3,(H,15,18). The van der Waals surface area contributed by atoms with Crippen LogP contribution in [0.4, 0.5) is 0 Å². The van der Waals surface area contributed by atoms with Crippen molar-refractivity contribution in [1.29, 1.82) is 0 Å². The van der Waals surface area contributed by atoms with Gasteiger partial charge in [-0.25, -0.2) is 4.98 Å². The molecule has 0 saturated carbocycles. The van der Waals surface area contributed by atoms with Gasteiger partial charge in [-0.1, -0.05) is 6.92 Å². The molecule has 1 atom stereocenters. The van der Waals surface area contributed by atoms with E-state index < -0.39 is 11.6 Å². The van der Waals surface area contributed by atoms with Crippen LogP contribution in [-0.2, 0) is 23.2 Å². The van der Waals surface area contributed by atoms with Crippen LogP contribution in [0.3, 0.4) is 0 Å². The van der Waals surface area contributed by atoms with Crippen LogP contribution in [0, 0.1) is 0 Å². The molecule has 1 N–H and O–H groups in total. The first-order chi connectivity index (χ1) is 8.86. The molecule has 19 heavy (non-hydrogen) atoms. The molecule has 104 valence electrons. The minimum atomic E-state index is -0.853. The van der Waals surface area contributed by atoms with Gasteiger partial charge >= 0.3 is 0 Å². The van der Waals surface area contributed by atoms with Crippen LogP contribution in [0.25, 0.3) is 0 Å². The lowest BCUT2D eigenvalue weighted by Gasteiger charge is -2.42. The lowest BCUT2D eigenvalue weighted by Crippen LogP contribution is -2.67. The summed E-state index contributed by atoms with van der Waals surface area (Å²) in [5, 5.41) is 2.77. The molecule has 1 aromatic heterocycles. The molecule has 1 aromatic rings. The van der Waals surface area contributed by atoms with Gasteiger partial charge in [-0.2, -0.15) is 0 Å². The van der Waals surface area contributed by atoms with E-state index in [1.54, 1.807) is 24.9 Å². The number of imidazole rings is 1. The number of piperazine rings is 1. The third-order valence-electron chi connectivity index (χ3n) is 3.53. The summed E-state index contributed by atoms with van der Waals surface area (Å²) in [7, 11) is 1.88. The van der Waals surface area contributed by atoms with Crippen molar-refractivity contribution in [1.82, 2.24) is 19.8 Å². The molecule has 0 aromatic carbocycles. The van der Waals surface area contributed by atoms with Gasteiger partial charge in [0.2, 0.25) is 11.8 Å². The Bertz CT molecular complexity index is 506. The third kappa shape index (κ3) is 2.34. The molecule has 1 saturated heterocycles. The highest BCUT2D eigenvalue weighted by molar-refractivity contribution is 5.99. The Morgan fingerprint density at radius 1 is 1.42 bits per heavy atom. The maximum absolute atomic E-state index is 12.5. The van der Waals surface area contributed by atoms with E-state index in [9.17, 15) is 9.59 Å². The maximum Gasteiger partial charge on any atom is 0.248 e. The minimum Gasteiger partial charge on any atom is -0.340 e. The van der Waals surface area contributed by atoms with Crippen molar-refractivity contribution >= 4 is 11.8 Å². The van der Waals surface area contributed by atoms with Gasteiger partial charge in [0.1, 0.15) is 17.4 Å². The largest absolute Gasteiger partial charge is 0.340 e. The SMILES string of the molecule is CCC1C(=O)NC(C)(C)C(=O)N1Cc1nccn1C. The quantitative estimate of drug-likeness (QED) is 0.861. The Hall–Kier alpha value is -1.85. The van der Waals surface area contributed by atoms with E-state index in [2.05, 4.69) is 10.3 Å². The van der Waals surface area contributed by atoms with Gasteiger partial charge in [-0.05, 0) is 20.3 Å². The van der Waals surface area contributed by atoms with E-state index in [0.717, 1.165) is 5.82 Å². The van der Waals surface area contributed by atoms with Crippen molar-refractivity contribution in [2.24, 2.45) is 7.05 Å². The van der Waals surface area contributed by atoms with Crippen molar-refractivity contribution in [3.05, 3.63) is 18.2 Å². The highest BCUT2D eigenvalue weighted by Crippen LogP contribution is 2.21. The molecule has 6 heteroatoms. The van der Waals surface area contributed by atoms with Crippen molar-refractivity contribution < 1.29 is 9.59 Å². The van der Waals surface area contributed by atoms with E-state index in [-0.39, 0.29) is 11.8 Å². The molecule has 1 aliphatic heterocycles. The average Bonchev–Trinajstić information content (AvgIpc) is 2.71. The number of rotatable bonds is 3. The van der Waals surface area contributed by atoms with E-state index in [4.69, 9.17) is 0 Å². The topological polar surface area (TPSA) is 67.2 Å². The molecule has 1 aliphatic rings. The molecule has 0 aliphatic carbocycles. The van der Waals surface area contributed by atoms with Crippen LogP contribution in [0.2, 0.25) is 0 Å². The fourth-order valence-electron chi connectivity index (χ4n) is 2.38. The molecule has 2 heterocycles. The van der Waals surface area contributed by atoms with Crippen molar-refractivity contribution in [3.8, 4) is 0 Å². The van der Waals surface area contributed by atoms with E-state index in [1.165, 1.54) is 0 Å². The fourth-order valence-corrected chi connectivity index (χ4v) is 2.38. The monoisotopic (exact) mass is 264 g/mol. The first-order valence-corrected chi connectivity index (χ1v) is 6.46. The van der Waals surface area contributed by atoms with E-state index in [0.29, 0.717) is 13.0 Å². The van der Waals surface area contributed by atoms with Crippen LogP contribution < -0.4 is 5.32 Å². The van der Waals surface area contributed by atoms with E-state index >= 15 is 0 Å². The average molecular weight is 264 g/mol. The van der Waals surface area contributed by atoms with Gasteiger partial charge in [0, 0.05) is 19.4 Å². The van der Waals surface area contributed by atoms with Gasteiger partial charge in [0.15, 0.2) is 0 Å². The van der Waals surface area contributed by atoms with E-state index in [1.807, 2.05) is 24.7 Å². The van der Waals surface area contributed by atoms with Gasteiger partial charge in [0.25, 0.3) is 0 Å². The second-order valence-electron chi connectivity index (χ2n) is 5.43. The summed E-state index contributed by atoms with van der Waals surface area (Å²) in [6, 6.07) is -0.419. The zero-order chi connectivity index (χ0) is 14.2. The van der Waals surface area contributed by atoms with Crippen LogP contribution in [-0.4, -0.2) is 37.8 Å². The number of aromatic nitrogens is 2. The molecular weight excluding hydrogens is 244 g/mol. The highest BCUT2D eigenvalue weighted by Gasteiger charge is 2.44. The van der Waals surface area contributed by atoms with Gasteiger partial charge < -0.3 is 14.8 Å². The summed E-state index contributed by atoms with van der Waals surface area (Å²) in [6.45, 7) is 5.72. The van der Waals surface area contributed by atoms with Crippen molar-refractivity contribution in [2.75, 3.05) is 0 Å². The number of aryl methyl sites for hydroxylation is 1. The van der Waals surface area contributed by atoms with Crippen LogP contribution in [0.1, 0.15) is 33.0 Å². The van der Waals surface area contributed by atoms with Crippen molar-refractivity contribution in [3.63, 3.8) is 0 Å². The fraction of sp³-hybridized carbons (Fsp3) is 0.615. The Kier molecular flexibility index (Phi) is 3.34. The minimum absolute atomic E-state index is 0.0676. The van der Waals surface area contributed by atoms with Gasteiger partial charge in [-0.15, -0.1) is 0 Å². The number of hydrogen-bond donors (Lipinski definition) is 1. The summed E-state index contributed by atoms with van der Waals surface area (Å²) >= 11 is 0. The van der Waals surface area contributed by atoms with Crippen LogP contribution >= 0.6 is 0 Å². The zero-order valence-electron chi connectivity index (χ0n) is 11.8. The molecule has 2 amide bonds. The lowest BCUT2D eigenvalue weighted by molar-refractivity contribution is -0.154. The highest BCUT2D eigenvalue weighted by atomic mass is 16.2. The normalized spacial score (nSPS) is 22.5. The van der Waals surface area contributed by atoms with Crippen LogP contribution in [0.15, 0.2) is 12.4 Å². The Labute approximate surface area is 112 Å². The Morgan fingerprint density at radius 3 is 2.63 bits per heavy atom. The molecule has 1 fully saturated rings. The Morgan fingerprint density at radius 2 is 2.11 bits per heavy atom. The maximum atomic E-state index is 12.5. The predicted octanol–water partition coefficient (Wildman–Crippen LogP) is 0.436. The molecular formula is C13H20N4O2. The number of carbonyl (C=O) groups excluding carboxylic acids is 2. The number of nitrogens with one attached hydrogen (secondary N) is 1. The summed E-state index contributed by atoms with van der Waals surface area (Å²) in [4.78, 5) is 30.4. The molecule has 1 unspecified atom stereocenters. The number of carbonyl (C=O) groups is 2. The van der Waals surface area contributed by atoms with Gasteiger partial charge in [0.05, 0.1) is 6.54 Å². The lowest BCUT2D eigenvalue weighted by atomic mass is 9.96. The first-order valence-electron chi connectivity index (χ1n) is 6.46. The van der Waals surface area contributed by atoms with Crippen LogP contribution in [0.5, 0.6) is 0 Å². The summed E-state index contributed by atoms with van der Waals surface area (Å²) in [5.41, 5.74) is -0.853. The molecule has 6 nitrogen and oxygen atoms in total. The second-order valence-corrected chi connectivity index (χ2v) is 5.43. The molecule has 0 spiro atoms. The molecule has 0 radical (unpaired) electrons. The smallest absolute Gasteiger partial charge is 0.248 e. The summed E-state index contributed by atoms with van der Waals surface area (Å²) < 4.78 is 1.86. The zero-order valence-corrected chi connectivity index (χ0v) is 11.8.